The van der Waals surface area contributed by atoms with Crippen LogP contribution in [0.4, 0.5) is 0 Å². The van der Waals surface area contributed by atoms with Crippen LogP contribution in [0.5, 0.6) is 0 Å². The van der Waals surface area contributed by atoms with Gasteiger partial charge < -0.3 is 52.1 Å². The number of ether oxygens (including phenoxy) is 11. The highest BCUT2D eigenvalue weighted by Crippen LogP contribution is 2.37. The minimum atomic E-state index is -1.09. The molecule has 2 heterocycles. The lowest BCUT2D eigenvalue weighted by molar-refractivity contribution is -0.376. The van der Waals surface area contributed by atoms with Gasteiger partial charge in [-0.05, 0) is 38.9 Å². The van der Waals surface area contributed by atoms with Crippen LogP contribution in [0.1, 0.15) is 38.9 Å². The Bertz CT molecular complexity index is 2560. The van der Waals surface area contributed by atoms with Gasteiger partial charge in [-0.2, -0.15) is 0 Å². The van der Waals surface area contributed by atoms with E-state index < -0.39 is 61.4 Å². The van der Waals surface area contributed by atoms with Gasteiger partial charge in [-0.25, -0.2) is 0 Å². The van der Waals surface area contributed by atoms with Crippen molar-refractivity contribution in [1.29, 1.82) is 0 Å². The molecule has 73 heavy (non-hydrogen) atoms. The summed E-state index contributed by atoms with van der Waals surface area (Å²) in [5.74, 6) is 0. The zero-order valence-electron chi connectivity index (χ0n) is 41.3. The van der Waals surface area contributed by atoms with E-state index in [4.69, 9.17) is 52.1 Å². The third kappa shape index (κ3) is 15.3. The van der Waals surface area contributed by atoms with Crippen molar-refractivity contribution in [2.75, 3.05) is 20.3 Å². The number of rotatable bonds is 26. The summed E-state index contributed by atoms with van der Waals surface area (Å²) in [6.45, 7) is 2.27. The number of hydrogen-bond donors (Lipinski definition) is 0. The van der Waals surface area contributed by atoms with Crippen LogP contribution < -0.4 is 0 Å². The summed E-state index contributed by atoms with van der Waals surface area (Å²) < 4.78 is 75.9. The molecule has 11 heteroatoms. The van der Waals surface area contributed by atoms with Gasteiger partial charge in [0.2, 0.25) is 0 Å². The molecular weight excluding hydrogens is 921 g/mol. The Hall–Kier alpha value is -5.90. The van der Waals surface area contributed by atoms with Crippen LogP contribution in [-0.2, 0) is 98.4 Å². The maximum Gasteiger partial charge on any atom is 0.187 e. The van der Waals surface area contributed by atoms with Crippen molar-refractivity contribution in [2.45, 2.75) is 108 Å². The first-order valence-corrected chi connectivity index (χ1v) is 25.2. The van der Waals surface area contributed by atoms with Crippen LogP contribution in [0.3, 0.4) is 0 Å². The predicted molar refractivity (Wildman–Crippen MR) is 276 cm³/mol. The van der Waals surface area contributed by atoms with Gasteiger partial charge in [0.1, 0.15) is 48.8 Å². The lowest BCUT2D eigenvalue weighted by atomic mass is 9.95. The molecule has 380 valence electrons. The largest absolute Gasteiger partial charge is 0.374 e. The van der Waals surface area contributed by atoms with E-state index in [-0.39, 0.29) is 46.2 Å². The SMILES string of the molecule is CO[C@H]1O[C@H](COCc2ccccc2)[C@@H](O[C@H]2O[C@H](COCc3ccccc3)[C@@H](OCc3ccccc3)[C@H](OCc3ccccc3)[C@@H]2OCc2ccccc2)[C@H](OCc2ccccc2)[C@@H]1OCc1ccccc1. The molecule has 11 nitrogen and oxygen atoms in total. The van der Waals surface area contributed by atoms with Crippen LogP contribution in [0, 0.1) is 0 Å². The number of benzene rings is 7. The summed E-state index contributed by atoms with van der Waals surface area (Å²) in [6.07, 6.45) is -8.10. The smallest absolute Gasteiger partial charge is 0.187 e. The van der Waals surface area contributed by atoms with Gasteiger partial charge in [-0.1, -0.05) is 212 Å². The summed E-state index contributed by atoms with van der Waals surface area (Å²) in [7, 11) is 1.61. The van der Waals surface area contributed by atoms with E-state index in [9.17, 15) is 0 Å². The maximum atomic E-state index is 7.51. The maximum absolute atomic E-state index is 7.51. The summed E-state index contributed by atoms with van der Waals surface area (Å²) in [5, 5.41) is 0. The third-order valence-corrected chi connectivity index (χ3v) is 12.9. The molecule has 2 aliphatic rings. The highest BCUT2D eigenvalue weighted by Gasteiger charge is 2.54. The second-order valence-electron chi connectivity index (χ2n) is 18.2. The van der Waals surface area contributed by atoms with Gasteiger partial charge in [0.15, 0.2) is 12.6 Å². The Morgan fingerprint density at radius 2 is 0.548 bits per heavy atom. The molecular formula is C62H66O11. The van der Waals surface area contributed by atoms with Gasteiger partial charge >= 0.3 is 0 Å². The van der Waals surface area contributed by atoms with Crippen molar-refractivity contribution in [2.24, 2.45) is 0 Å². The van der Waals surface area contributed by atoms with Crippen LogP contribution in [0.25, 0.3) is 0 Å². The highest BCUT2D eigenvalue weighted by atomic mass is 16.8. The van der Waals surface area contributed by atoms with Gasteiger partial charge in [0, 0.05) is 7.11 Å². The number of hydrogen-bond acceptors (Lipinski definition) is 11. The fourth-order valence-corrected chi connectivity index (χ4v) is 9.14. The van der Waals surface area contributed by atoms with E-state index >= 15 is 0 Å². The van der Waals surface area contributed by atoms with Crippen molar-refractivity contribution in [3.63, 3.8) is 0 Å². The molecule has 2 aliphatic heterocycles. The topological polar surface area (TPSA) is 102 Å². The molecule has 0 unspecified atom stereocenters. The van der Waals surface area contributed by atoms with Crippen LogP contribution in [0.15, 0.2) is 212 Å². The quantitative estimate of drug-likeness (QED) is 0.0518. The van der Waals surface area contributed by atoms with E-state index in [0.29, 0.717) is 13.2 Å². The first-order valence-electron chi connectivity index (χ1n) is 25.2. The predicted octanol–water partition coefficient (Wildman–Crippen LogP) is 10.8. The molecule has 9 rings (SSSR count). The summed E-state index contributed by atoms with van der Waals surface area (Å²) in [4.78, 5) is 0. The first kappa shape index (κ1) is 52.0. The van der Waals surface area contributed by atoms with Crippen LogP contribution >= 0.6 is 0 Å². The molecule has 0 N–H and O–H groups in total. The minimum Gasteiger partial charge on any atom is -0.374 e. The molecule has 0 amide bonds. The molecule has 0 bridgehead atoms. The molecule has 0 spiro atoms. The Kier molecular flexibility index (Phi) is 19.9. The highest BCUT2D eigenvalue weighted by molar-refractivity contribution is 5.19. The fraction of sp³-hybridized carbons (Fsp3) is 0.323. The second-order valence-corrected chi connectivity index (χ2v) is 18.2. The van der Waals surface area contributed by atoms with Gasteiger partial charge in [0.25, 0.3) is 0 Å². The molecule has 0 radical (unpaired) electrons. The first-order chi connectivity index (χ1) is 36.2. The molecule has 0 aromatic heterocycles. The molecule has 0 aliphatic carbocycles. The molecule has 2 saturated heterocycles. The molecule has 10 atom stereocenters. The van der Waals surface area contributed by atoms with Crippen molar-refractivity contribution in [3.05, 3.63) is 251 Å². The van der Waals surface area contributed by atoms with E-state index in [2.05, 4.69) is 0 Å². The zero-order chi connectivity index (χ0) is 49.7. The fourth-order valence-electron chi connectivity index (χ4n) is 9.14. The van der Waals surface area contributed by atoms with Crippen molar-refractivity contribution in [1.82, 2.24) is 0 Å². The Morgan fingerprint density at radius 3 is 0.890 bits per heavy atom. The summed E-state index contributed by atoms with van der Waals surface area (Å²) in [6, 6.07) is 70.4. The van der Waals surface area contributed by atoms with Gasteiger partial charge in [-0.15, -0.1) is 0 Å². The standard InChI is InChI=1S/C62H66O11/c1-63-61-59(69-42-51-33-19-7-20-34-51)58(68-41-50-31-17-6-18-32-50)56(54(71-61)45-65-38-47-25-11-3-12-26-47)73-62-60(70-43-52-35-21-8-22-36-52)57(67-40-49-29-15-5-16-30-49)55(66-39-48-27-13-4-14-28-48)53(72-62)44-64-37-46-23-9-2-10-24-46/h2-36,53-62H,37-45H2,1H3/t53-,54-,55-,56-,57+,58+,59+,60+,61+,62-/m1/s1. The van der Waals surface area contributed by atoms with Crippen molar-refractivity contribution >= 4 is 0 Å². The Morgan fingerprint density at radius 1 is 0.288 bits per heavy atom. The molecule has 0 saturated carbocycles. The van der Waals surface area contributed by atoms with E-state index in [1.807, 2.05) is 212 Å². The van der Waals surface area contributed by atoms with Crippen molar-refractivity contribution < 1.29 is 52.1 Å². The van der Waals surface area contributed by atoms with E-state index in [0.717, 1.165) is 38.9 Å². The molecule has 2 fully saturated rings. The lowest BCUT2D eigenvalue weighted by Gasteiger charge is -2.50. The molecule has 7 aromatic carbocycles. The molecule has 7 aromatic rings. The number of methoxy groups -OCH3 is 1. The van der Waals surface area contributed by atoms with Crippen molar-refractivity contribution in [3.8, 4) is 0 Å². The van der Waals surface area contributed by atoms with E-state index in [1.54, 1.807) is 7.11 Å². The van der Waals surface area contributed by atoms with Gasteiger partial charge in [0.05, 0.1) is 59.5 Å². The van der Waals surface area contributed by atoms with Gasteiger partial charge in [-0.3, -0.25) is 0 Å². The third-order valence-electron chi connectivity index (χ3n) is 12.9. The summed E-state index contributed by atoms with van der Waals surface area (Å²) in [5.41, 5.74) is 6.95. The zero-order valence-corrected chi connectivity index (χ0v) is 41.3. The Balaban J connectivity index is 1.11. The average Bonchev–Trinajstić information content (AvgIpc) is 3.45. The second kappa shape index (κ2) is 28.0. The Labute approximate surface area is 429 Å². The average molecular weight is 987 g/mol. The minimum absolute atomic E-state index is 0.124. The lowest BCUT2D eigenvalue weighted by Crippen LogP contribution is -2.66. The summed E-state index contributed by atoms with van der Waals surface area (Å²) >= 11 is 0. The van der Waals surface area contributed by atoms with Crippen LogP contribution in [-0.4, -0.2) is 81.7 Å². The monoisotopic (exact) mass is 986 g/mol. The van der Waals surface area contributed by atoms with E-state index in [1.165, 1.54) is 0 Å². The normalized spacial score (nSPS) is 24.0. The van der Waals surface area contributed by atoms with Crippen LogP contribution in [0.2, 0.25) is 0 Å².